The number of nitriles is 1. The third-order valence-corrected chi connectivity index (χ3v) is 4.65. The number of pyridine rings is 1. The first-order valence-electron chi connectivity index (χ1n) is 9.39. The fourth-order valence-electron chi connectivity index (χ4n) is 3.22. The summed E-state index contributed by atoms with van der Waals surface area (Å²) in [4.78, 5) is 13.5. The van der Waals surface area contributed by atoms with Gasteiger partial charge in [0.2, 0.25) is 0 Å². The Hall–Kier alpha value is -3.92. The van der Waals surface area contributed by atoms with E-state index in [1.807, 2.05) is 16.8 Å². The Labute approximate surface area is 169 Å². The lowest BCUT2D eigenvalue weighted by molar-refractivity contribution is 1.03. The van der Waals surface area contributed by atoms with E-state index in [0.717, 1.165) is 28.5 Å². The Bertz CT molecular complexity index is 1190. The van der Waals surface area contributed by atoms with Gasteiger partial charge in [-0.3, -0.25) is 0 Å². The van der Waals surface area contributed by atoms with E-state index in [-0.39, 0.29) is 0 Å². The van der Waals surface area contributed by atoms with Crippen molar-refractivity contribution in [2.75, 3.05) is 23.7 Å². The molecule has 0 aliphatic rings. The van der Waals surface area contributed by atoms with Crippen molar-refractivity contribution >= 4 is 17.3 Å². The summed E-state index contributed by atoms with van der Waals surface area (Å²) in [7, 11) is 0. The van der Waals surface area contributed by atoms with Crippen LogP contribution >= 0.6 is 0 Å². The summed E-state index contributed by atoms with van der Waals surface area (Å²) >= 11 is 0. The molecule has 0 fully saturated rings. The molecule has 0 aliphatic heterocycles. The molecule has 0 atom stereocenters. The van der Waals surface area contributed by atoms with Crippen LogP contribution in [0.1, 0.15) is 16.7 Å². The lowest BCUT2D eigenvalue weighted by Gasteiger charge is -2.12. The van der Waals surface area contributed by atoms with Crippen LogP contribution in [0, 0.1) is 25.2 Å². The van der Waals surface area contributed by atoms with E-state index < -0.39 is 0 Å². The van der Waals surface area contributed by atoms with Gasteiger partial charge in [-0.2, -0.15) is 5.26 Å². The van der Waals surface area contributed by atoms with Crippen LogP contribution in [0.25, 0.3) is 16.9 Å². The minimum absolute atomic E-state index is 0.544. The summed E-state index contributed by atoms with van der Waals surface area (Å²) in [6.07, 6.45) is 7.25. The molecule has 0 bridgehead atoms. The molecular weight excluding hydrogens is 362 g/mol. The van der Waals surface area contributed by atoms with Gasteiger partial charge < -0.3 is 15.0 Å². The number of hydrogen-bond acceptors (Lipinski definition) is 6. The number of nitrogens with one attached hydrogen (secondary N) is 2. The molecule has 4 aromatic rings. The van der Waals surface area contributed by atoms with Gasteiger partial charge in [0.1, 0.15) is 11.9 Å². The Morgan fingerprint density at radius 3 is 2.69 bits per heavy atom. The van der Waals surface area contributed by atoms with Crippen molar-refractivity contribution in [3.63, 3.8) is 0 Å². The largest absolute Gasteiger partial charge is 0.368 e. The summed E-state index contributed by atoms with van der Waals surface area (Å²) in [5.74, 6) is 1.47. The van der Waals surface area contributed by atoms with Crippen LogP contribution < -0.4 is 10.6 Å². The number of fused-ring (bicyclic) bond motifs is 1. The Balaban J connectivity index is 1.50. The molecule has 2 N–H and O–H groups in total. The second-order valence-electron chi connectivity index (χ2n) is 6.85. The number of hydrogen-bond donors (Lipinski definition) is 2. The Morgan fingerprint density at radius 2 is 1.93 bits per heavy atom. The molecule has 0 aliphatic carbocycles. The fraction of sp³-hybridized carbons (Fsp3) is 0.182. The molecule has 0 unspecified atom stereocenters. The fourth-order valence-corrected chi connectivity index (χ4v) is 3.22. The number of anilines is 2. The smallest absolute Gasteiger partial charge is 0.180 e. The summed E-state index contributed by atoms with van der Waals surface area (Å²) in [6, 6.07) is 12.0. The third kappa shape index (κ3) is 4.01. The van der Waals surface area contributed by atoms with Crippen LogP contribution in [-0.2, 0) is 0 Å². The van der Waals surface area contributed by atoms with Crippen molar-refractivity contribution in [2.24, 2.45) is 0 Å². The first-order valence-corrected chi connectivity index (χ1v) is 9.39. The zero-order valence-electron chi connectivity index (χ0n) is 16.3. The third-order valence-electron chi connectivity index (χ3n) is 4.65. The minimum Gasteiger partial charge on any atom is -0.368 e. The van der Waals surface area contributed by atoms with Gasteiger partial charge in [0.25, 0.3) is 0 Å². The van der Waals surface area contributed by atoms with Crippen molar-refractivity contribution in [2.45, 2.75) is 13.8 Å². The standard InChI is InChI=1S/C22H21N7/c1-15-3-5-18(16(2)11-15)19-14-29-10-9-26-22(29)21(28-19)25-8-7-24-20-6-4-17(12-23)13-27-20/h3-6,9-11,13-14H,7-8H2,1-2H3,(H,24,27)(H,25,28). The zero-order valence-corrected chi connectivity index (χ0v) is 16.3. The molecule has 7 nitrogen and oxygen atoms in total. The van der Waals surface area contributed by atoms with Crippen LogP contribution in [0.4, 0.5) is 11.6 Å². The highest BCUT2D eigenvalue weighted by atomic mass is 15.1. The quantitative estimate of drug-likeness (QED) is 0.492. The van der Waals surface area contributed by atoms with Gasteiger partial charge in [0.05, 0.1) is 11.3 Å². The number of nitrogens with zero attached hydrogens (tertiary/aromatic N) is 5. The van der Waals surface area contributed by atoms with Gasteiger partial charge in [0, 0.05) is 43.4 Å². The van der Waals surface area contributed by atoms with Gasteiger partial charge >= 0.3 is 0 Å². The summed E-state index contributed by atoms with van der Waals surface area (Å²) in [5.41, 5.74) is 5.76. The molecular formula is C22H21N7. The molecule has 0 saturated carbocycles. The van der Waals surface area contributed by atoms with Crippen LogP contribution in [0.15, 0.2) is 55.1 Å². The molecule has 3 heterocycles. The number of aryl methyl sites for hydroxylation is 2. The summed E-state index contributed by atoms with van der Waals surface area (Å²) < 4.78 is 1.99. The molecule has 144 valence electrons. The van der Waals surface area contributed by atoms with Gasteiger partial charge in [-0.15, -0.1) is 0 Å². The lowest BCUT2D eigenvalue weighted by atomic mass is 10.0. The molecule has 3 aromatic heterocycles. The van der Waals surface area contributed by atoms with Crippen LogP contribution in [-0.4, -0.2) is 32.4 Å². The topological polar surface area (TPSA) is 90.9 Å². The first-order chi connectivity index (χ1) is 14.1. The molecule has 0 radical (unpaired) electrons. The highest BCUT2D eigenvalue weighted by Crippen LogP contribution is 2.25. The molecule has 0 saturated heterocycles. The maximum atomic E-state index is 8.84. The number of imidazole rings is 1. The number of rotatable bonds is 6. The first kappa shape index (κ1) is 18.4. The maximum absolute atomic E-state index is 8.84. The molecule has 4 rings (SSSR count). The minimum atomic E-state index is 0.544. The number of benzene rings is 1. The van der Waals surface area contributed by atoms with Crippen molar-refractivity contribution in [3.8, 4) is 17.3 Å². The molecule has 0 amide bonds. The molecule has 7 heteroatoms. The van der Waals surface area contributed by atoms with Crippen molar-refractivity contribution in [3.05, 3.63) is 71.8 Å². The van der Waals surface area contributed by atoms with E-state index in [2.05, 4.69) is 58.7 Å². The Morgan fingerprint density at radius 1 is 1.07 bits per heavy atom. The predicted molar refractivity (Wildman–Crippen MR) is 114 cm³/mol. The normalized spacial score (nSPS) is 10.7. The molecule has 0 spiro atoms. The van der Waals surface area contributed by atoms with Crippen molar-refractivity contribution in [1.82, 2.24) is 19.4 Å². The van der Waals surface area contributed by atoms with Crippen LogP contribution in [0.2, 0.25) is 0 Å². The second kappa shape index (κ2) is 7.98. The SMILES string of the molecule is Cc1ccc(-c2cn3ccnc3c(NCCNc3ccc(C#N)cn3)n2)c(C)c1. The highest BCUT2D eigenvalue weighted by molar-refractivity contribution is 5.71. The van der Waals surface area contributed by atoms with Crippen molar-refractivity contribution in [1.29, 1.82) is 5.26 Å². The van der Waals surface area contributed by atoms with Gasteiger partial charge in [-0.25, -0.2) is 15.0 Å². The van der Waals surface area contributed by atoms with Crippen molar-refractivity contribution < 1.29 is 0 Å². The van der Waals surface area contributed by atoms with E-state index in [1.54, 1.807) is 24.5 Å². The average molecular weight is 383 g/mol. The number of aromatic nitrogens is 4. The molecule has 29 heavy (non-hydrogen) atoms. The average Bonchev–Trinajstić information content (AvgIpc) is 3.20. The van der Waals surface area contributed by atoms with E-state index in [1.165, 1.54) is 11.1 Å². The summed E-state index contributed by atoms with van der Waals surface area (Å²) in [6.45, 7) is 5.49. The summed E-state index contributed by atoms with van der Waals surface area (Å²) in [5, 5.41) is 15.4. The Kier molecular flexibility index (Phi) is 5.08. The van der Waals surface area contributed by atoms with E-state index in [0.29, 0.717) is 18.7 Å². The van der Waals surface area contributed by atoms with Gasteiger partial charge in [-0.05, 0) is 31.5 Å². The highest BCUT2D eigenvalue weighted by Gasteiger charge is 2.10. The van der Waals surface area contributed by atoms with Gasteiger partial charge in [0.15, 0.2) is 11.5 Å². The van der Waals surface area contributed by atoms with Gasteiger partial charge in [-0.1, -0.05) is 23.8 Å². The second-order valence-corrected chi connectivity index (χ2v) is 6.85. The monoisotopic (exact) mass is 383 g/mol. The molecule has 1 aromatic carbocycles. The maximum Gasteiger partial charge on any atom is 0.180 e. The van der Waals surface area contributed by atoms with Crippen LogP contribution in [0.3, 0.4) is 0 Å². The van der Waals surface area contributed by atoms with E-state index in [4.69, 9.17) is 10.2 Å². The zero-order chi connectivity index (χ0) is 20.2. The predicted octanol–water partition coefficient (Wildman–Crippen LogP) is 3.80. The van der Waals surface area contributed by atoms with E-state index >= 15 is 0 Å². The van der Waals surface area contributed by atoms with Crippen LogP contribution in [0.5, 0.6) is 0 Å². The van der Waals surface area contributed by atoms with E-state index in [9.17, 15) is 0 Å². The lowest BCUT2D eigenvalue weighted by Crippen LogP contribution is -2.16.